The first-order valence-corrected chi connectivity index (χ1v) is 5.11. The first-order valence-electron chi connectivity index (χ1n) is 4.23. The van der Waals surface area contributed by atoms with Crippen LogP contribution in [-0.4, -0.2) is 19.0 Å². The lowest BCUT2D eigenvalue weighted by molar-refractivity contribution is -0.119. The van der Waals surface area contributed by atoms with Gasteiger partial charge in [0.1, 0.15) is 0 Å². The van der Waals surface area contributed by atoms with E-state index in [9.17, 15) is 4.79 Å². The second-order valence-electron chi connectivity index (χ2n) is 2.67. The lowest BCUT2D eigenvalue weighted by Crippen LogP contribution is -2.30. The van der Waals surface area contributed by atoms with Crippen molar-refractivity contribution in [2.75, 3.05) is 13.1 Å². The topological polar surface area (TPSA) is 55.1 Å². The predicted molar refractivity (Wildman–Crippen MR) is 58.0 cm³/mol. The number of amides is 1. The smallest absolute Gasteiger partial charge is 0.234 e. The Morgan fingerprint density at radius 2 is 2.50 bits per heavy atom. The van der Waals surface area contributed by atoms with Crippen molar-refractivity contribution < 1.29 is 4.79 Å². The molecular formula is C10H12N2OS. The Balaban J connectivity index is 2.42. The van der Waals surface area contributed by atoms with Gasteiger partial charge in [-0.3, -0.25) is 4.79 Å². The minimum Gasteiger partial charge on any atom is -0.344 e. The van der Waals surface area contributed by atoms with Crippen LogP contribution < -0.4 is 11.1 Å². The van der Waals surface area contributed by atoms with E-state index in [2.05, 4.69) is 17.2 Å². The van der Waals surface area contributed by atoms with E-state index in [0.717, 1.165) is 5.56 Å². The zero-order valence-electron chi connectivity index (χ0n) is 7.96. The largest absolute Gasteiger partial charge is 0.344 e. The molecule has 0 aromatic carbocycles. The van der Waals surface area contributed by atoms with Gasteiger partial charge in [-0.05, 0) is 18.4 Å². The van der Waals surface area contributed by atoms with Crippen molar-refractivity contribution in [1.82, 2.24) is 5.32 Å². The molecule has 0 atom stereocenters. The number of aryl methyl sites for hydroxylation is 1. The zero-order valence-corrected chi connectivity index (χ0v) is 8.78. The van der Waals surface area contributed by atoms with Gasteiger partial charge < -0.3 is 11.1 Å². The van der Waals surface area contributed by atoms with Gasteiger partial charge in [-0.25, -0.2) is 0 Å². The molecule has 0 unspecified atom stereocenters. The van der Waals surface area contributed by atoms with Gasteiger partial charge in [0, 0.05) is 10.4 Å². The van der Waals surface area contributed by atoms with Crippen LogP contribution in [0.25, 0.3) is 0 Å². The summed E-state index contributed by atoms with van der Waals surface area (Å²) in [6, 6.07) is 1.97. The molecule has 4 heteroatoms. The maximum absolute atomic E-state index is 10.7. The fraction of sp³-hybridized carbons (Fsp3) is 0.300. The van der Waals surface area contributed by atoms with Crippen molar-refractivity contribution in [2.24, 2.45) is 5.73 Å². The number of thiophene rings is 1. The minimum absolute atomic E-state index is 0.0131. The Bertz CT molecular complexity index is 373. The summed E-state index contributed by atoms with van der Waals surface area (Å²) in [6.07, 6.45) is 0. The summed E-state index contributed by atoms with van der Waals surface area (Å²) >= 11 is 1.66. The van der Waals surface area contributed by atoms with Crippen LogP contribution in [0.5, 0.6) is 0 Å². The normalized spacial score (nSPS) is 9.00. The number of carbonyl (C=O) groups is 1. The third-order valence-electron chi connectivity index (χ3n) is 1.64. The Morgan fingerprint density at radius 3 is 3.07 bits per heavy atom. The van der Waals surface area contributed by atoms with Crippen LogP contribution in [0.2, 0.25) is 0 Å². The number of rotatable bonds is 2. The molecule has 0 radical (unpaired) electrons. The molecule has 1 aromatic rings. The van der Waals surface area contributed by atoms with Gasteiger partial charge in [-0.2, -0.15) is 0 Å². The van der Waals surface area contributed by atoms with Crippen LogP contribution in [0.3, 0.4) is 0 Å². The van der Waals surface area contributed by atoms with Crippen molar-refractivity contribution in [3.8, 4) is 11.8 Å². The third-order valence-corrected chi connectivity index (χ3v) is 2.49. The van der Waals surface area contributed by atoms with E-state index < -0.39 is 0 Å². The lowest BCUT2D eigenvalue weighted by atomic mass is 10.3. The molecule has 0 bridgehead atoms. The average Bonchev–Trinajstić information content (AvgIpc) is 2.58. The zero-order chi connectivity index (χ0) is 10.4. The molecule has 0 spiro atoms. The average molecular weight is 208 g/mol. The van der Waals surface area contributed by atoms with Crippen molar-refractivity contribution in [1.29, 1.82) is 0 Å². The van der Waals surface area contributed by atoms with Gasteiger partial charge in [0.2, 0.25) is 5.91 Å². The summed E-state index contributed by atoms with van der Waals surface area (Å²) in [5.41, 5.74) is 6.14. The lowest BCUT2D eigenvalue weighted by Gasteiger charge is -1.94. The molecule has 0 aliphatic rings. The van der Waals surface area contributed by atoms with Crippen molar-refractivity contribution in [3.63, 3.8) is 0 Å². The summed E-state index contributed by atoms with van der Waals surface area (Å²) < 4.78 is 0. The Morgan fingerprint density at radius 1 is 1.71 bits per heavy atom. The van der Waals surface area contributed by atoms with E-state index in [1.807, 2.05) is 18.4 Å². The van der Waals surface area contributed by atoms with E-state index in [4.69, 9.17) is 5.73 Å². The Kier molecular flexibility index (Phi) is 4.17. The highest BCUT2D eigenvalue weighted by atomic mass is 32.1. The third kappa shape index (κ3) is 3.21. The van der Waals surface area contributed by atoms with E-state index in [0.29, 0.717) is 6.54 Å². The van der Waals surface area contributed by atoms with Crippen LogP contribution in [0.4, 0.5) is 0 Å². The molecule has 0 aliphatic carbocycles. The highest BCUT2D eigenvalue weighted by Gasteiger charge is 1.94. The molecule has 1 heterocycles. The molecular weight excluding hydrogens is 196 g/mol. The summed E-state index contributed by atoms with van der Waals surface area (Å²) in [4.78, 5) is 11.9. The molecule has 3 nitrogen and oxygen atoms in total. The van der Waals surface area contributed by atoms with Gasteiger partial charge >= 0.3 is 0 Å². The van der Waals surface area contributed by atoms with E-state index in [-0.39, 0.29) is 12.5 Å². The molecule has 1 aromatic heterocycles. The Hall–Kier alpha value is -1.31. The fourth-order valence-corrected chi connectivity index (χ4v) is 1.52. The number of nitrogens with two attached hydrogens (primary N) is 1. The molecule has 1 rings (SSSR count). The number of hydrogen-bond donors (Lipinski definition) is 2. The SMILES string of the molecule is Cc1sccc1C#CCNC(=O)CN. The quantitative estimate of drug-likeness (QED) is 0.695. The highest BCUT2D eigenvalue weighted by molar-refractivity contribution is 7.10. The summed E-state index contributed by atoms with van der Waals surface area (Å²) in [7, 11) is 0. The summed E-state index contributed by atoms with van der Waals surface area (Å²) in [5.74, 6) is 5.66. The van der Waals surface area contributed by atoms with Crippen molar-refractivity contribution in [2.45, 2.75) is 6.92 Å². The first-order chi connectivity index (χ1) is 6.74. The van der Waals surface area contributed by atoms with Gasteiger partial charge in [0.05, 0.1) is 13.1 Å². The van der Waals surface area contributed by atoms with Crippen LogP contribution in [0.1, 0.15) is 10.4 Å². The van der Waals surface area contributed by atoms with E-state index in [1.54, 1.807) is 11.3 Å². The van der Waals surface area contributed by atoms with Crippen LogP contribution in [-0.2, 0) is 4.79 Å². The van der Waals surface area contributed by atoms with Gasteiger partial charge in [0.15, 0.2) is 0 Å². The second kappa shape index (κ2) is 5.43. The predicted octanol–water partition coefficient (Wildman–Crippen LogP) is 0.483. The maximum atomic E-state index is 10.7. The Labute approximate surface area is 87.3 Å². The maximum Gasteiger partial charge on any atom is 0.234 e. The van der Waals surface area contributed by atoms with Crippen LogP contribution >= 0.6 is 11.3 Å². The van der Waals surface area contributed by atoms with Crippen LogP contribution in [0.15, 0.2) is 11.4 Å². The molecule has 1 amide bonds. The minimum atomic E-state index is -0.179. The molecule has 0 fully saturated rings. The van der Waals surface area contributed by atoms with Crippen molar-refractivity contribution >= 4 is 17.2 Å². The summed E-state index contributed by atoms with van der Waals surface area (Å²) in [5, 5.41) is 4.58. The number of hydrogen-bond acceptors (Lipinski definition) is 3. The standard InChI is InChI=1S/C10H12N2OS/c1-8-9(4-6-14-8)3-2-5-12-10(13)7-11/h4,6H,5,7,11H2,1H3,(H,12,13). The summed E-state index contributed by atoms with van der Waals surface area (Å²) in [6.45, 7) is 2.39. The molecule has 14 heavy (non-hydrogen) atoms. The van der Waals surface area contributed by atoms with E-state index in [1.165, 1.54) is 4.88 Å². The van der Waals surface area contributed by atoms with Gasteiger partial charge in [0.25, 0.3) is 0 Å². The molecule has 0 saturated carbocycles. The number of nitrogens with one attached hydrogen (secondary N) is 1. The van der Waals surface area contributed by atoms with E-state index >= 15 is 0 Å². The molecule has 74 valence electrons. The highest BCUT2D eigenvalue weighted by Crippen LogP contribution is 2.12. The fourth-order valence-electron chi connectivity index (χ4n) is 0.869. The van der Waals surface area contributed by atoms with Crippen molar-refractivity contribution in [3.05, 3.63) is 21.9 Å². The number of carbonyl (C=O) groups excluding carboxylic acids is 1. The van der Waals surface area contributed by atoms with Crippen LogP contribution in [0, 0.1) is 18.8 Å². The first kappa shape index (κ1) is 10.8. The molecule has 0 saturated heterocycles. The second-order valence-corrected chi connectivity index (χ2v) is 3.79. The van der Waals surface area contributed by atoms with Gasteiger partial charge in [-0.15, -0.1) is 11.3 Å². The molecule has 0 aliphatic heterocycles. The monoisotopic (exact) mass is 208 g/mol. The molecule has 3 N–H and O–H groups in total. The van der Waals surface area contributed by atoms with Gasteiger partial charge in [-0.1, -0.05) is 11.8 Å².